The fraction of sp³-hybridized carbons (Fsp3) is 0.250. The monoisotopic (exact) mass is 260 g/mol. The van der Waals surface area contributed by atoms with E-state index in [1.165, 1.54) is 6.07 Å². The minimum Gasteiger partial charge on any atom is -0.490 e. The van der Waals surface area contributed by atoms with Gasteiger partial charge in [0.1, 0.15) is 12.4 Å². The van der Waals surface area contributed by atoms with Gasteiger partial charge in [-0.1, -0.05) is 12.2 Å². The highest BCUT2D eigenvalue weighted by molar-refractivity contribution is 5.89. The number of ether oxygens (including phenoxy) is 1. The van der Waals surface area contributed by atoms with Gasteiger partial charge in [-0.05, 0) is 25.1 Å². The number of halogens is 3. The zero-order valence-electron chi connectivity index (χ0n) is 9.49. The van der Waals surface area contributed by atoms with Crippen LogP contribution in [-0.2, 0) is 6.18 Å². The van der Waals surface area contributed by atoms with Crippen LogP contribution in [0.2, 0.25) is 0 Å². The molecule has 1 N–H and O–H groups in total. The second kappa shape index (κ2) is 5.57. The molecule has 1 aromatic carbocycles. The highest BCUT2D eigenvalue weighted by Gasteiger charge is 2.35. The molecule has 0 bridgehead atoms. The number of alkyl halides is 3. The Kier molecular flexibility index (Phi) is 4.36. The van der Waals surface area contributed by atoms with Crippen LogP contribution in [0, 0.1) is 0 Å². The molecular formula is C12H11F3O3. The summed E-state index contributed by atoms with van der Waals surface area (Å²) in [6.45, 7) is 1.87. The number of aromatic carboxylic acids is 1. The molecule has 0 saturated carbocycles. The van der Waals surface area contributed by atoms with Gasteiger partial charge in [0.2, 0.25) is 0 Å². The maximum absolute atomic E-state index is 12.6. The van der Waals surface area contributed by atoms with Gasteiger partial charge in [-0.3, -0.25) is 0 Å². The van der Waals surface area contributed by atoms with E-state index in [4.69, 9.17) is 9.84 Å². The third-order valence-corrected chi connectivity index (χ3v) is 2.11. The summed E-state index contributed by atoms with van der Waals surface area (Å²) in [5.41, 5.74) is -2.01. The molecule has 0 atom stereocenters. The van der Waals surface area contributed by atoms with Crippen LogP contribution < -0.4 is 4.74 Å². The molecule has 0 heterocycles. The van der Waals surface area contributed by atoms with E-state index in [1.54, 1.807) is 19.1 Å². The average molecular weight is 260 g/mol. The van der Waals surface area contributed by atoms with E-state index >= 15 is 0 Å². The molecule has 0 radical (unpaired) electrons. The highest BCUT2D eigenvalue weighted by atomic mass is 19.4. The van der Waals surface area contributed by atoms with Crippen molar-refractivity contribution in [2.24, 2.45) is 0 Å². The van der Waals surface area contributed by atoms with Gasteiger partial charge in [0.05, 0.1) is 11.1 Å². The van der Waals surface area contributed by atoms with Crippen LogP contribution in [0.3, 0.4) is 0 Å². The molecule has 0 fully saturated rings. The Morgan fingerprint density at radius 2 is 2.11 bits per heavy atom. The fourth-order valence-electron chi connectivity index (χ4n) is 1.27. The number of benzene rings is 1. The van der Waals surface area contributed by atoms with Crippen molar-refractivity contribution < 1.29 is 27.8 Å². The predicted molar refractivity (Wildman–Crippen MR) is 58.7 cm³/mol. The molecule has 0 saturated heterocycles. The normalized spacial score (nSPS) is 11.8. The number of hydrogen-bond acceptors (Lipinski definition) is 2. The Bertz CT molecular complexity index is 464. The Morgan fingerprint density at radius 3 is 2.61 bits per heavy atom. The van der Waals surface area contributed by atoms with Gasteiger partial charge < -0.3 is 9.84 Å². The molecule has 98 valence electrons. The second-order valence-electron chi connectivity index (χ2n) is 3.39. The van der Waals surface area contributed by atoms with Crippen molar-refractivity contribution in [3.63, 3.8) is 0 Å². The van der Waals surface area contributed by atoms with E-state index in [9.17, 15) is 18.0 Å². The topological polar surface area (TPSA) is 46.5 Å². The van der Waals surface area contributed by atoms with Gasteiger partial charge >= 0.3 is 12.1 Å². The summed E-state index contributed by atoms with van der Waals surface area (Å²) in [5.74, 6) is -1.65. The van der Waals surface area contributed by atoms with Crippen molar-refractivity contribution >= 4 is 5.97 Å². The molecule has 18 heavy (non-hydrogen) atoms. The quantitative estimate of drug-likeness (QED) is 0.844. The third-order valence-electron chi connectivity index (χ3n) is 2.11. The number of hydrogen-bond donors (Lipinski definition) is 1. The van der Waals surface area contributed by atoms with E-state index in [-0.39, 0.29) is 12.4 Å². The smallest absolute Gasteiger partial charge is 0.417 e. The van der Waals surface area contributed by atoms with Crippen molar-refractivity contribution in [3.05, 3.63) is 41.5 Å². The molecule has 0 spiro atoms. The van der Waals surface area contributed by atoms with Crippen LogP contribution in [-0.4, -0.2) is 17.7 Å². The lowest BCUT2D eigenvalue weighted by atomic mass is 10.1. The standard InChI is InChI=1S/C12H11F3O3/c1-2-3-6-18-8-4-5-9(11(16)17)10(7-8)12(13,14)15/h2-5,7H,6H2,1H3,(H,16,17). The highest BCUT2D eigenvalue weighted by Crippen LogP contribution is 2.34. The molecule has 0 aliphatic carbocycles. The molecule has 3 nitrogen and oxygen atoms in total. The van der Waals surface area contributed by atoms with E-state index in [2.05, 4.69) is 0 Å². The van der Waals surface area contributed by atoms with Crippen molar-refractivity contribution in [2.45, 2.75) is 13.1 Å². The fourth-order valence-corrected chi connectivity index (χ4v) is 1.27. The first-order chi connectivity index (χ1) is 8.36. The first kappa shape index (κ1) is 14.1. The summed E-state index contributed by atoms with van der Waals surface area (Å²) >= 11 is 0. The number of allylic oxidation sites excluding steroid dienone is 1. The second-order valence-corrected chi connectivity index (χ2v) is 3.39. The van der Waals surface area contributed by atoms with E-state index in [0.29, 0.717) is 6.07 Å². The Morgan fingerprint density at radius 1 is 1.44 bits per heavy atom. The lowest BCUT2D eigenvalue weighted by Crippen LogP contribution is -2.13. The summed E-state index contributed by atoms with van der Waals surface area (Å²) < 4.78 is 43.0. The molecule has 1 rings (SSSR count). The number of carbonyl (C=O) groups is 1. The predicted octanol–water partition coefficient (Wildman–Crippen LogP) is 3.36. The van der Waals surface area contributed by atoms with Gasteiger partial charge in [0.15, 0.2) is 0 Å². The Hall–Kier alpha value is -1.98. The summed E-state index contributed by atoms with van der Waals surface area (Å²) in [7, 11) is 0. The molecular weight excluding hydrogens is 249 g/mol. The Balaban J connectivity index is 3.10. The molecule has 6 heteroatoms. The first-order valence-corrected chi connectivity index (χ1v) is 5.04. The van der Waals surface area contributed by atoms with Gasteiger partial charge in [0.25, 0.3) is 0 Å². The van der Waals surface area contributed by atoms with Crippen LogP contribution >= 0.6 is 0 Å². The third kappa shape index (κ3) is 3.51. The summed E-state index contributed by atoms with van der Waals surface area (Å²) in [5, 5.41) is 8.68. The van der Waals surface area contributed by atoms with Crippen LogP contribution in [0.25, 0.3) is 0 Å². The number of carboxylic acid groups (broad SMARTS) is 1. The van der Waals surface area contributed by atoms with Crippen LogP contribution in [0.5, 0.6) is 5.75 Å². The van der Waals surface area contributed by atoms with Crippen LogP contribution in [0.4, 0.5) is 13.2 Å². The van der Waals surface area contributed by atoms with Crippen molar-refractivity contribution in [1.29, 1.82) is 0 Å². The van der Waals surface area contributed by atoms with Crippen LogP contribution in [0.1, 0.15) is 22.8 Å². The van der Waals surface area contributed by atoms with Crippen molar-refractivity contribution in [1.82, 2.24) is 0 Å². The summed E-state index contributed by atoms with van der Waals surface area (Å²) in [4.78, 5) is 10.7. The number of carboxylic acids is 1. The Labute approximate surface area is 101 Å². The molecule has 0 amide bonds. The zero-order chi connectivity index (χ0) is 13.8. The van der Waals surface area contributed by atoms with E-state index in [1.807, 2.05) is 0 Å². The van der Waals surface area contributed by atoms with Gasteiger partial charge in [0, 0.05) is 0 Å². The van der Waals surface area contributed by atoms with Gasteiger partial charge in [-0.25, -0.2) is 4.79 Å². The van der Waals surface area contributed by atoms with Crippen molar-refractivity contribution in [2.75, 3.05) is 6.61 Å². The average Bonchev–Trinajstić information content (AvgIpc) is 2.28. The molecule has 0 aliphatic heterocycles. The van der Waals surface area contributed by atoms with Gasteiger partial charge in [-0.2, -0.15) is 13.2 Å². The maximum Gasteiger partial charge on any atom is 0.417 e. The largest absolute Gasteiger partial charge is 0.490 e. The zero-order valence-corrected chi connectivity index (χ0v) is 9.49. The van der Waals surface area contributed by atoms with Crippen LogP contribution in [0.15, 0.2) is 30.4 Å². The van der Waals surface area contributed by atoms with E-state index < -0.39 is 23.3 Å². The maximum atomic E-state index is 12.6. The van der Waals surface area contributed by atoms with Gasteiger partial charge in [-0.15, -0.1) is 0 Å². The SMILES string of the molecule is CC=CCOc1ccc(C(=O)O)c(C(F)(F)F)c1. The summed E-state index contributed by atoms with van der Waals surface area (Å²) in [6, 6.07) is 2.77. The summed E-state index contributed by atoms with van der Waals surface area (Å²) in [6.07, 6.45) is -1.41. The molecule has 1 aromatic rings. The molecule has 0 aliphatic rings. The molecule has 0 aromatic heterocycles. The lowest BCUT2D eigenvalue weighted by molar-refractivity contribution is -0.138. The van der Waals surface area contributed by atoms with Crippen molar-refractivity contribution in [3.8, 4) is 5.75 Å². The number of rotatable bonds is 4. The minimum absolute atomic E-state index is 0.0228. The molecule has 0 unspecified atom stereocenters. The lowest BCUT2D eigenvalue weighted by Gasteiger charge is -2.12. The van der Waals surface area contributed by atoms with E-state index in [0.717, 1.165) is 6.07 Å². The first-order valence-electron chi connectivity index (χ1n) is 5.04. The minimum atomic E-state index is -4.73.